The smallest absolute Gasteiger partial charge is 0.231 e. The van der Waals surface area contributed by atoms with Gasteiger partial charge in [-0.25, -0.2) is 0 Å². The van der Waals surface area contributed by atoms with E-state index in [1.54, 1.807) is 12.3 Å². The van der Waals surface area contributed by atoms with Crippen LogP contribution in [0.3, 0.4) is 0 Å². The minimum absolute atomic E-state index is 0.0404. The Hall–Kier alpha value is -0.770. The second-order valence-corrected chi connectivity index (χ2v) is 2.55. The van der Waals surface area contributed by atoms with Gasteiger partial charge in [0.2, 0.25) is 5.91 Å². The first kappa shape index (κ1) is 8.33. The Balaban J connectivity index is 2.29. The van der Waals surface area contributed by atoms with Gasteiger partial charge < -0.3 is 9.73 Å². The van der Waals surface area contributed by atoms with Gasteiger partial charge in [0, 0.05) is 0 Å². The maximum Gasteiger partial charge on any atom is 0.231 e. The van der Waals surface area contributed by atoms with Crippen molar-refractivity contribution in [2.24, 2.45) is 0 Å². The fourth-order valence-corrected chi connectivity index (χ4v) is 0.844. The van der Waals surface area contributed by atoms with Crippen LogP contribution in [0.15, 0.2) is 22.8 Å². The van der Waals surface area contributed by atoms with Gasteiger partial charge >= 0.3 is 0 Å². The van der Waals surface area contributed by atoms with Gasteiger partial charge in [0.25, 0.3) is 0 Å². The van der Waals surface area contributed by atoms with Crippen LogP contribution in [0.5, 0.6) is 0 Å². The van der Waals surface area contributed by atoms with Gasteiger partial charge in [0.05, 0.1) is 18.1 Å². The monoisotopic (exact) mass is 217 g/mol. The van der Waals surface area contributed by atoms with Gasteiger partial charge in [-0.2, -0.15) is 0 Å². The molecule has 0 atom stereocenters. The molecule has 0 fully saturated rings. The van der Waals surface area contributed by atoms with Crippen LogP contribution < -0.4 is 5.32 Å². The largest absolute Gasteiger partial charge is 0.467 e. The molecule has 1 aromatic heterocycles. The second kappa shape index (κ2) is 4.18. The molecule has 1 heterocycles. The third kappa shape index (κ3) is 2.76. The topological polar surface area (TPSA) is 42.2 Å². The molecule has 3 nitrogen and oxygen atoms in total. The molecule has 1 rings (SSSR count). The summed E-state index contributed by atoms with van der Waals surface area (Å²) in [6.07, 6.45) is 1.58. The number of carbonyl (C=O) groups is 1. The highest BCUT2D eigenvalue weighted by molar-refractivity contribution is 9.09. The Morgan fingerprint density at radius 1 is 1.73 bits per heavy atom. The van der Waals surface area contributed by atoms with Gasteiger partial charge in [-0.15, -0.1) is 0 Å². The van der Waals surface area contributed by atoms with E-state index in [0.29, 0.717) is 11.9 Å². The maximum absolute atomic E-state index is 10.7. The summed E-state index contributed by atoms with van der Waals surface area (Å²) in [7, 11) is 0. The van der Waals surface area contributed by atoms with E-state index >= 15 is 0 Å². The Morgan fingerprint density at radius 3 is 3.09 bits per heavy atom. The van der Waals surface area contributed by atoms with Crippen LogP contribution >= 0.6 is 15.9 Å². The van der Waals surface area contributed by atoms with E-state index in [9.17, 15) is 4.79 Å². The van der Waals surface area contributed by atoms with Crippen LogP contribution in [0.2, 0.25) is 0 Å². The number of halogens is 1. The normalized spacial score (nSPS) is 9.55. The summed E-state index contributed by atoms with van der Waals surface area (Å²) in [6, 6.07) is 3.60. The molecule has 0 aliphatic heterocycles. The molecule has 1 aromatic rings. The lowest BCUT2D eigenvalue weighted by Crippen LogP contribution is -2.23. The van der Waals surface area contributed by atoms with E-state index in [1.807, 2.05) is 6.07 Å². The first-order chi connectivity index (χ1) is 5.33. The number of hydrogen-bond acceptors (Lipinski definition) is 2. The Bertz CT molecular complexity index is 220. The number of nitrogens with one attached hydrogen (secondary N) is 1. The van der Waals surface area contributed by atoms with Crippen LogP contribution in [0.4, 0.5) is 0 Å². The van der Waals surface area contributed by atoms with E-state index in [0.717, 1.165) is 5.76 Å². The van der Waals surface area contributed by atoms with Crippen molar-refractivity contribution < 1.29 is 9.21 Å². The van der Waals surface area contributed by atoms with Crippen LogP contribution in [0.25, 0.3) is 0 Å². The van der Waals surface area contributed by atoms with Gasteiger partial charge in [-0.1, -0.05) is 15.9 Å². The van der Waals surface area contributed by atoms with Gasteiger partial charge in [-0.05, 0) is 12.1 Å². The van der Waals surface area contributed by atoms with Crippen molar-refractivity contribution in [3.05, 3.63) is 24.2 Å². The molecule has 4 heteroatoms. The molecular weight excluding hydrogens is 210 g/mol. The van der Waals surface area contributed by atoms with Crippen molar-refractivity contribution in [2.45, 2.75) is 6.54 Å². The third-order valence-corrected chi connectivity index (χ3v) is 1.67. The number of amides is 1. The zero-order chi connectivity index (χ0) is 8.10. The Labute approximate surface area is 72.9 Å². The lowest BCUT2D eigenvalue weighted by atomic mass is 10.4. The highest BCUT2D eigenvalue weighted by Gasteiger charge is 1.98. The number of hydrogen-bond donors (Lipinski definition) is 1. The fraction of sp³-hybridized carbons (Fsp3) is 0.286. The van der Waals surface area contributed by atoms with E-state index < -0.39 is 0 Å². The molecule has 0 radical (unpaired) electrons. The summed E-state index contributed by atoms with van der Waals surface area (Å²) in [5.41, 5.74) is 0. The predicted molar refractivity (Wildman–Crippen MR) is 44.3 cm³/mol. The summed E-state index contributed by atoms with van der Waals surface area (Å²) < 4.78 is 5.00. The van der Waals surface area contributed by atoms with Crippen LogP contribution in [-0.4, -0.2) is 11.2 Å². The molecule has 0 spiro atoms. The molecule has 0 saturated heterocycles. The predicted octanol–water partition coefficient (Wildman–Crippen LogP) is 1.29. The lowest BCUT2D eigenvalue weighted by molar-refractivity contribution is -0.118. The van der Waals surface area contributed by atoms with E-state index in [-0.39, 0.29) is 5.91 Å². The third-order valence-electron chi connectivity index (χ3n) is 1.16. The SMILES string of the molecule is O=C(CBr)NCc1ccco1. The zero-order valence-corrected chi connectivity index (χ0v) is 7.43. The van der Waals surface area contributed by atoms with Crippen LogP contribution in [0.1, 0.15) is 5.76 Å². The highest BCUT2D eigenvalue weighted by Crippen LogP contribution is 1.98. The number of carbonyl (C=O) groups excluding carboxylic acids is 1. The minimum Gasteiger partial charge on any atom is -0.467 e. The van der Waals surface area contributed by atoms with Gasteiger partial charge in [0.1, 0.15) is 5.76 Å². The average Bonchev–Trinajstić information content (AvgIpc) is 2.52. The Morgan fingerprint density at radius 2 is 2.55 bits per heavy atom. The number of furan rings is 1. The second-order valence-electron chi connectivity index (χ2n) is 1.99. The van der Waals surface area contributed by atoms with E-state index in [1.165, 1.54) is 0 Å². The van der Waals surface area contributed by atoms with Crippen molar-refractivity contribution in [3.63, 3.8) is 0 Å². The number of alkyl halides is 1. The summed E-state index contributed by atoms with van der Waals surface area (Å²) in [6.45, 7) is 0.456. The summed E-state index contributed by atoms with van der Waals surface area (Å²) in [4.78, 5) is 10.7. The molecular formula is C7H8BrNO2. The molecule has 11 heavy (non-hydrogen) atoms. The molecule has 0 aliphatic carbocycles. The van der Waals surface area contributed by atoms with Crippen molar-refractivity contribution in [1.29, 1.82) is 0 Å². The average molecular weight is 218 g/mol. The standard InChI is InChI=1S/C7H8BrNO2/c8-4-7(10)9-5-6-2-1-3-11-6/h1-3H,4-5H2,(H,9,10). The molecule has 1 N–H and O–H groups in total. The first-order valence-corrected chi connectivity index (χ1v) is 4.30. The van der Waals surface area contributed by atoms with E-state index in [2.05, 4.69) is 21.2 Å². The van der Waals surface area contributed by atoms with E-state index in [4.69, 9.17) is 4.42 Å². The van der Waals surface area contributed by atoms with Crippen LogP contribution in [0, 0.1) is 0 Å². The number of rotatable bonds is 3. The summed E-state index contributed by atoms with van der Waals surface area (Å²) >= 11 is 3.04. The quantitative estimate of drug-likeness (QED) is 0.776. The lowest BCUT2D eigenvalue weighted by Gasteiger charge is -1.97. The molecule has 0 unspecified atom stereocenters. The first-order valence-electron chi connectivity index (χ1n) is 3.18. The Kier molecular flexibility index (Phi) is 3.16. The molecule has 0 aliphatic rings. The van der Waals surface area contributed by atoms with Crippen molar-refractivity contribution in [1.82, 2.24) is 5.32 Å². The fourth-order valence-electron chi connectivity index (χ4n) is 0.646. The minimum atomic E-state index is -0.0404. The van der Waals surface area contributed by atoms with Gasteiger partial charge in [0.15, 0.2) is 0 Å². The van der Waals surface area contributed by atoms with Crippen LogP contribution in [-0.2, 0) is 11.3 Å². The van der Waals surface area contributed by atoms with Crippen molar-refractivity contribution in [2.75, 3.05) is 5.33 Å². The maximum atomic E-state index is 10.7. The summed E-state index contributed by atoms with van der Waals surface area (Å²) in [5, 5.41) is 2.98. The van der Waals surface area contributed by atoms with Gasteiger partial charge in [-0.3, -0.25) is 4.79 Å². The molecule has 60 valence electrons. The van der Waals surface area contributed by atoms with Crippen molar-refractivity contribution in [3.8, 4) is 0 Å². The molecule has 0 saturated carbocycles. The zero-order valence-electron chi connectivity index (χ0n) is 5.84. The molecule has 0 bridgehead atoms. The van der Waals surface area contributed by atoms with Crippen molar-refractivity contribution >= 4 is 21.8 Å². The molecule has 1 amide bonds. The molecule has 0 aromatic carbocycles. The highest BCUT2D eigenvalue weighted by atomic mass is 79.9. The summed E-state index contributed by atoms with van der Waals surface area (Å²) in [5.74, 6) is 0.723.